The van der Waals surface area contributed by atoms with Gasteiger partial charge in [-0.15, -0.1) is 0 Å². The first-order valence-corrected chi connectivity index (χ1v) is 6.64. The topological polar surface area (TPSA) is 90.7 Å². The van der Waals surface area contributed by atoms with Crippen LogP contribution in [0.3, 0.4) is 0 Å². The first kappa shape index (κ1) is 16.7. The Bertz CT molecular complexity index is 523. The molecule has 1 amide bonds. The van der Waals surface area contributed by atoms with Crippen LogP contribution in [0.5, 0.6) is 5.75 Å². The maximum absolute atomic E-state index is 11.8. The highest BCUT2D eigenvalue weighted by Crippen LogP contribution is 2.29. The summed E-state index contributed by atoms with van der Waals surface area (Å²) < 4.78 is 10.6. The van der Waals surface area contributed by atoms with Crippen LogP contribution in [0.15, 0.2) is 18.2 Å². The van der Waals surface area contributed by atoms with Gasteiger partial charge in [0.25, 0.3) is 5.69 Å². The fourth-order valence-corrected chi connectivity index (χ4v) is 1.48. The molecule has 116 valence electrons. The summed E-state index contributed by atoms with van der Waals surface area (Å²) in [7, 11) is 0. The molecule has 7 heteroatoms. The van der Waals surface area contributed by atoms with Crippen LogP contribution in [0.2, 0.25) is 0 Å². The number of anilines is 1. The Kier molecular flexibility index (Phi) is 5.52. The third-order valence-corrected chi connectivity index (χ3v) is 2.27. The number of carbonyl (C=O) groups is 1. The summed E-state index contributed by atoms with van der Waals surface area (Å²) in [6.07, 6.45) is 0.0902. The lowest BCUT2D eigenvalue weighted by molar-refractivity contribution is -0.384. The number of non-ortho nitro benzene ring substituents is 1. The van der Waals surface area contributed by atoms with Gasteiger partial charge in [0.15, 0.2) is 0 Å². The number of ether oxygens (including phenoxy) is 2. The minimum absolute atomic E-state index is 0.134. The summed E-state index contributed by atoms with van der Waals surface area (Å²) in [4.78, 5) is 22.1. The van der Waals surface area contributed by atoms with E-state index in [0.717, 1.165) is 6.42 Å². The summed E-state index contributed by atoms with van der Waals surface area (Å²) in [6.45, 7) is 7.57. The van der Waals surface area contributed by atoms with Crippen LogP contribution < -0.4 is 10.1 Å². The third-order valence-electron chi connectivity index (χ3n) is 2.27. The molecule has 0 spiro atoms. The number of nitrogens with zero attached hydrogens (tertiary/aromatic N) is 1. The Morgan fingerprint density at radius 2 is 2.05 bits per heavy atom. The highest BCUT2D eigenvalue weighted by Gasteiger charge is 2.19. The second kappa shape index (κ2) is 6.92. The van der Waals surface area contributed by atoms with Crippen molar-refractivity contribution in [2.24, 2.45) is 0 Å². The number of rotatable bonds is 5. The lowest BCUT2D eigenvalue weighted by atomic mass is 10.2. The van der Waals surface area contributed by atoms with Crippen molar-refractivity contribution in [3.8, 4) is 5.75 Å². The molecule has 0 radical (unpaired) electrons. The normalized spacial score (nSPS) is 10.9. The summed E-state index contributed by atoms with van der Waals surface area (Å²) in [5.74, 6) is 0.369. The summed E-state index contributed by atoms with van der Waals surface area (Å²) in [5.41, 5.74) is -0.577. The van der Waals surface area contributed by atoms with Crippen molar-refractivity contribution < 1.29 is 19.2 Å². The molecule has 1 N–H and O–H groups in total. The molecule has 21 heavy (non-hydrogen) atoms. The van der Waals surface area contributed by atoms with E-state index in [1.54, 1.807) is 20.8 Å². The number of nitro groups is 1. The third kappa shape index (κ3) is 5.68. The standard InChI is InChI=1S/C14H20N2O5/c1-5-8-20-12-7-6-10(16(18)19)9-11(12)15-13(17)21-14(2,3)4/h6-7,9H,5,8H2,1-4H3,(H,15,17). The Balaban J connectivity index is 2.97. The van der Waals surface area contributed by atoms with Crippen molar-refractivity contribution >= 4 is 17.5 Å². The molecule has 1 rings (SSSR count). The minimum Gasteiger partial charge on any atom is -0.491 e. The van der Waals surface area contributed by atoms with Crippen molar-refractivity contribution in [2.45, 2.75) is 39.7 Å². The van der Waals surface area contributed by atoms with E-state index in [4.69, 9.17) is 9.47 Å². The number of hydrogen-bond donors (Lipinski definition) is 1. The van der Waals surface area contributed by atoms with Gasteiger partial charge in [-0.3, -0.25) is 15.4 Å². The van der Waals surface area contributed by atoms with E-state index in [9.17, 15) is 14.9 Å². The van der Waals surface area contributed by atoms with Crippen LogP contribution in [0, 0.1) is 10.1 Å². The maximum Gasteiger partial charge on any atom is 0.412 e. The summed E-state index contributed by atoms with van der Waals surface area (Å²) in [6, 6.07) is 4.03. The summed E-state index contributed by atoms with van der Waals surface area (Å²) >= 11 is 0. The number of carbonyl (C=O) groups excluding carboxylic acids is 1. The molecule has 1 aromatic rings. The van der Waals surface area contributed by atoms with Gasteiger partial charge in [-0.25, -0.2) is 4.79 Å². The molecule has 0 aliphatic rings. The van der Waals surface area contributed by atoms with E-state index in [0.29, 0.717) is 12.4 Å². The van der Waals surface area contributed by atoms with E-state index in [-0.39, 0.29) is 11.4 Å². The predicted octanol–water partition coefficient (Wildman–Crippen LogP) is 3.73. The molecule has 0 aromatic heterocycles. The number of nitrogens with one attached hydrogen (secondary N) is 1. The van der Waals surface area contributed by atoms with Crippen LogP contribution in [0.4, 0.5) is 16.2 Å². The molecule has 0 heterocycles. The van der Waals surface area contributed by atoms with Gasteiger partial charge >= 0.3 is 6.09 Å². The highest BCUT2D eigenvalue weighted by molar-refractivity contribution is 5.87. The van der Waals surface area contributed by atoms with Crippen molar-refractivity contribution in [1.29, 1.82) is 0 Å². The molecule has 0 aliphatic heterocycles. The molecule has 0 aliphatic carbocycles. The summed E-state index contributed by atoms with van der Waals surface area (Å²) in [5, 5.41) is 13.3. The SMILES string of the molecule is CCCOc1ccc([N+](=O)[O-])cc1NC(=O)OC(C)(C)C. The van der Waals surface area contributed by atoms with Crippen LogP contribution in [0.25, 0.3) is 0 Å². The zero-order valence-corrected chi connectivity index (χ0v) is 12.6. The average molecular weight is 296 g/mol. The lowest BCUT2D eigenvalue weighted by Crippen LogP contribution is -2.27. The zero-order valence-electron chi connectivity index (χ0n) is 12.6. The predicted molar refractivity (Wildman–Crippen MR) is 78.7 cm³/mol. The Labute approximate surface area is 123 Å². The number of amides is 1. The fourth-order valence-electron chi connectivity index (χ4n) is 1.48. The largest absolute Gasteiger partial charge is 0.491 e. The zero-order chi connectivity index (χ0) is 16.0. The monoisotopic (exact) mass is 296 g/mol. The van der Waals surface area contributed by atoms with Gasteiger partial charge in [0, 0.05) is 12.1 Å². The van der Waals surface area contributed by atoms with Crippen molar-refractivity contribution in [3.63, 3.8) is 0 Å². The van der Waals surface area contributed by atoms with Crippen LogP contribution in [-0.2, 0) is 4.74 Å². The van der Waals surface area contributed by atoms with Gasteiger partial charge in [0.2, 0.25) is 0 Å². The molecule has 7 nitrogen and oxygen atoms in total. The van der Waals surface area contributed by atoms with Crippen LogP contribution in [0.1, 0.15) is 34.1 Å². The second-order valence-electron chi connectivity index (χ2n) is 5.41. The molecule has 1 aromatic carbocycles. The van der Waals surface area contributed by atoms with E-state index < -0.39 is 16.6 Å². The van der Waals surface area contributed by atoms with Gasteiger partial charge in [-0.05, 0) is 33.3 Å². The first-order chi connectivity index (χ1) is 9.73. The van der Waals surface area contributed by atoms with Crippen molar-refractivity contribution in [2.75, 3.05) is 11.9 Å². The van der Waals surface area contributed by atoms with Crippen LogP contribution >= 0.6 is 0 Å². The molecular formula is C14H20N2O5. The van der Waals surface area contributed by atoms with Gasteiger partial charge in [0.1, 0.15) is 11.4 Å². The minimum atomic E-state index is -0.690. The smallest absolute Gasteiger partial charge is 0.412 e. The van der Waals surface area contributed by atoms with Gasteiger partial charge in [0.05, 0.1) is 17.2 Å². The van der Waals surface area contributed by atoms with E-state index in [1.807, 2.05) is 6.92 Å². The second-order valence-corrected chi connectivity index (χ2v) is 5.41. The number of benzene rings is 1. The lowest BCUT2D eigenvalue weighted by Gasteiger charge is -2.20. The average Bonchev–Trinajstić information content (AvgIpc) is 2.34. The molecule has 0 saturated heterocycles. The van der Waals surface area contributed by atoms with Gasteiger partial charge < -0.3 is 9.47 Å². The molecule has 0 atom stereocenters. The fraction of sp³-hybridized carbons (Fsp3) is 0.500. The van der Waals surface area contributed by atoms with Gasteiger partial charge in [-0.1, -0.05) is 6.92 Å². The quantitative estimate of drug-likeness (QED) is 0.660. The molecular weight excluding hydrogens is 276 g/mol. The molecule has 0 fully saturated rings. The van der Waals surface area contributed by atoms with Gasteiger partial charge in [-0.2, -0.15) is 0 Å². The first-order valence-electron chi connectivity index (χ1n) is 6.64. The molecule has 0 saturated carbocycles. The maximum atomic E-state index is 11.8. The Morgan fingerprint density at radius 3 is 2.57 bits per heavy atom. The Hall–Kier alpha value is -2.31. The Morgan fingerprint density at radius 1 is 1.38 bits per heavy atom. The van der Waals surface area contributed by atoms with Crippen LogP contribution in [-0.4, -0.2) is 23.2 Å². The van der Waals surface area contributed by atoms with E-state index in [2.05, 4.69) is 5.32 Å². The van der Waals surface area contributed by atoms with E-state index in [1.165, 1.54) is 18.2 Å². The molecule has 0 bridgehead atoms. The number of hydrogen-bond acceptors (Lipinski definition) is 5. The van der Waals surface area contributed by atoms with E-state index >= 15 is 0 Å². The molecule has 0 unspecified atom stereocenters. The highest BCUT2D eigenvalue weighted by atomic mass is 16.6. The van der Waals surface area contributed by atoms with Crippen molar-refractivity contribution in [3.05, 3.63) is 28.3 Å². The number of nitro benzene ring substituents is 1. The van der Waals surface area contributed by atoms with Crippen molar-refractivity contribution in [1.82, 2.24) is 0 Å².